The lowest BCUT2D eigenvalue weighted by Gasteiger charge is -2.09. The van der Waals surface area contributed by atoms with Crippen molar-refractivity contribution in [2.75, 3.05) is 20.3 Å². The molecule has 0 bridgehead atoms. The lowest BCUT2D eigenvalue weighted by molar-refractivity contribution is 0.199. The normalized spacial score (nSPS) is 13.5. The van der Waals surface area contributed by atoms with E-state index in [-0.39, 0.29) is 11.4 Å². The molecule has 1 aromatic heterocycles. The van der Waals surface area contributed by atoms with Crippen LogP contribution in [-0.2, 0) is 14.8 Å². The Morgan fingerprint density at radius 3 is 2.94 bits per heavy atom. The first-order valence-electron chi connectivity index (χ1n) is 5.20. The average molecular weight is 341 g/mol. The largest absolute Gasteiger partial charge is 0.384 e. The van der Waals surface area contributed by atoms with Gasteiger partial charge in [-0.3, -0.25) is 0 Å². The van der Waals surface area contributed by atoms with Gasteiger partial charge in [0.1, 0.15) is 0 Å². The number of ether oxygens (including phenoxy) is 1. The fourth-order valence-corrected chi connectivity index (χ4v) is 2.79. The summed E-state index contributed by atoms with van der Waals surface area (Å²) in [6, 6.07) is 2.39. The van der Waals surface area contributed by atoms with Crippen molar-refractivity contribution < 1.29 is 17.5 Å². The van der Waals surface area contributed by atoms with Gasteiger partial charge in [0.15, 0.2) is 5.82 Å². The first-order valence-corrected chi connectivity index (χ1v) is 7.60. The molecule has 1 atom stereocenters. The van der Waals surface area contributed by atoms with Crippen LogP contribution in [0.5, 0.6) is 0 Å². The summed E-state index contributed by atoms with van der Waals surface area (Å²) in [5.74, 6) is -0.864. The lowest BCUT2D eigenvalue weighted by Crippen LogP contribution is -2.28. The topological polar surface area (TPSA) is 68.3 Å². The molecule has 0 radical (unpaired) electrons. The van der Waals surface area contributed by atoms with Gasteiger partial charge in [-0.2, -0.15) is 0 Å². The third-order valence-corrected chi connectivity index (χ3v) is 4.19. The van der Waals surface area contributed by atoms with Crippen molar-refractivity contribution >= 4 is 26.0 Å². The molecule has 0 aliphatic rings. The minimum Gasteiger partial charge on any atom is -0.384 e. The van der Waals surface area contributed by atoms with E-state index in [0.29, 0.717) is 13.0 Å². The number of nitrogens with one attached hydrogen (secondary N) is 1. The molecule has 0 aromatic carbocycles. The maximum Gasteiger partial charge on any atom is 0.261 e. The van der Waals surface area contributed by atoms with E-state index in [1.54, 1.807) is 7.11 Å². The van der Waals surface area contributed by atoms with Crippen LogP contribution in [0.15, 0.2) is 23.4 Å². The molecule has 1 rings (SSSR count). The molecule has 0 aliphatic heterocycles. The number of alkyl halides is 1. The molecule has 0 aliphatic carbocycles. The minimum atomic E-state index is -3.90. The molecule has 1 N–H and O–H groups in total. The zero-order valence-electron chi connectivity index (χ0n) is 9.77. The van der Waals surface area contributed by atoms with Gasteiger partial charge in [0, 0.05) is 24.7 Å². The minimum absolute atomic E-state index is 0.0405. The first-order chi connectivity index (χ1) is 8.47. The second kappa shape index (κ2) is 7.13. The molecule has 1 aromatic rings. The number of methoxy groups -OCH3 is 1. The predicted molar refractivity (Wildman–Crippen MR) is 68.6 cm³/mol. The Bertz CT molecular complexity index is 484. The summed E-state index contributed by atoms with van der Waals surface area (Å²) >= 11 is 3.33. The monoisotopic (exact) mass is 340 g/mol. The van der Waals surface area contributed by atoms with Gasteiger partial charge in [0.05, 0.1) is 6.61 Å². The van der Waals surface area contributed by atoms with Crippen LogP contribution in [0.1, 0.15) is 6.42 Å². The number of sulfonamides is 1. The second-order valence-electron chi connectivity index (χ2n) is 3.53. The number of pyridine rings is 1. The molecule has 8 heteroatoms. The summed E-state index contributed by atoms with van der Waals surface area (Å²) in [4.78, 5) is 3.56. The molecule has 0 fully saturated rings. The van der Waals surface area contributed by atoms with Crippen LogP contribution in [0.2, 0.25) is 0 Å². The van der Waals surface area contributed by atoms with Gasteiger partial charge >= 0.3 is 0 Å². The highest BCUT2D eigenvalue weighted by Crippen LogP contribution is 2.10. The van der Waals surface area contributed by atoms with Gasteiger partial charge in [-0.1, -0.05) is 15.9 Å². The van der Waals surface area contributed by atoms with Crippen molar-refractivity contribution in [3.05, 3.63) is 24.1 Å². The van der Waals surface area contributed by atoms with Crippen LogP contribution in [0.3, 0.4) is 0 Å². The van der Waals surface area contributed by atoms with E-state index in [1.165, 1.54) is 12.3 Å². The first kappa shape index (κ1) is 15.5. The second-order valence-corrected chi connectivity index (χ2v) is 6.51. The molecule has 102 valence electrons. The summed E-state index contributed by atoms with van der Waals surface area (Å²) in [5.41, 5.74) is 0. The van der Waals surface area contributed by atoms with Crippen molar-refractivity contribution in [2.45, 2.75) is 16.3 Å². The van der Waals surface area contributed by atoms with Gasteiger partial charge < -0.3 is 4.74 Å². The van der Waals surface area contributed by atoms with E-state index in [9.17, 15) is 12.8 Å². The van der Waals surface area contributed by atoms with Gasteiger partial charge in [-0.25, -0.2) is 22.5 Å². The van der Waals surface area contributed by atoms with E-state index in [0.717, 1.165) is 6.07 Å². The fraction of sp³-hybridized carbons (Fsp3) is 0.500. The maximum absolute atomic E-state index is 13.3. The Labute approximate surface area is 114 Å². The van der Waals surface area contributed by atoms with Gasteiger partial charge in [0.2, 0.25) is 5.03 Å². The van der Waals surface area contributed by atoms with E-state index in [2.05, 4.69) is 25.6 Å². The Morgan fingerprint density at radius 2 is 2.33 bits per heavy atom. The molecule has 18 heavy (non-hydrogen) atoms. The molecule has 0 saturated heterocycles. The summed E-state index contributed by atoms with van der Waals surface area (Å²) in [7, 11) is -2.34. The van der Waals surface area contributed by atoms with Crippen LogP contribution >= 0.6 is 15.9 Å². The maximum atomic E-state index is 13.3. The van der Waals surface area contributed by atoms with Gasteiger partial charge in [-0.05, 0) is 18.6 Å². The smallest absolute Gasteiger partial charge is 0.261 e. The predicted octanol–water partition coefficient (Wildman–Crippen LogP) is 1.30. The molecule has 1 heterocycles. The highest BCUT2D eigenvalue weighted by molar-refractivity contribution is 9.09. The number of nitrogens with zero attached hydrogens (tertiary/aromatic N) is 1. The Kier molecular flexibility index (Phi) is 6.13. The fourth-order valence-electron chi connectivity index (χ4n) is 1.25. The Morgan fingerprint density at radius 1 is 1.61 bits per heavy atom. The number of rotatable bonds is 7. The van der Waals surface area contributed by atoms with E-state index >= 15 is 0 Å². The quantitative estimate of drug-likeness (QED) is 0.759. The zero-order chi connectivity index (χ0) is 13.6. The molecule has 0 spiro atoms. The molecule has 1 unspecified atom stereocenters. The average Bonchev–Trinajstić information content (AvgIpc) is 2.29. The van der Waals surface area contributed by atoms with Crippen molar-refractivity contribution in [1.29, 1.82) is 0 Å². The van der Waals surface area contributed by atoms with Crippen LogP contribution in [-0.4, -0.2) is 38.5 Å². The molecule has 0 saturated carbocycles. The number of halogens is 2. The summed E-state index contributed by atoms with van der Waals surface area (Å²) in [6.07, 6.45) is 1.76. The zero-order valence-corrected chi connectivity index (χ0v) is 12.2. The highest BCUT2D eigenvalue weighted by Gasteiger charge is 2.20. The van der Waals surface area contributed by atoms with Gasteiger partial charge in [-0.15, -0.1) is 0 Å². The van der Waals surface area contributed by atoms with Crippen LogP contribution in [0.4, 0.5) is 4.39 Å². The van der Waals surface area contributed by atoms with Crippen molar-refractivity contribution in [3.8, 4) is 0 Å². The van der Waals surface area contributed by atoms with Crippen molar-refractivity contribution in [2.24, 2.45) is 0 Å². The van der Waals surface area contributed by atoms with E-state index in [4.69, 9.17) is 4.74 Å². The van der Waals surface area contributed by atoms with Gasteiger partial charge in [0.25, 0.3) is 10.0 Å². The number of aromatic nitrogens is 1. The highest BCUT2D eigenvalue weighted by atomic mass is 79.9. The number of hydrogen-bond acceptors (Lipinski definition) is 4. The molecular weight excluding hydrogens is 327 g/mol. The SMILES string of the molecule is COCC(Br)CCNS(=O)(=O)c1ncccc1F. The molecular formula is C10H14BrFN2O3S. The third-order valence-electron chi connectivity index (χ3n) is 2.08. The summed E-state index contributed by atoms with van der Waals surface area (Å²) in [6.45, 7) is 0.650. The molecule has 0 amide bonds. The Balaban J connectivity index is 2.59. The standard InChI is InChI=1S/C10H14BrFN2O3S/c1-17-7-8(11)4-6-14-18(15,16)10-9(12)3-2-5-13-10/h2-3,5,8,14H,4,6-7H2,1H3. The summed E-state index contributed by atoms with van der Waals surface area (Å²) < 4.78 is 43.9. The van der Waals surface area contributed by atoms with Crippen LogP contribution in [0, 0.1) is 5.82 Å². The van der Waals surface area contributed by atoms with Crippen LogP contribution in [0.25, 0.3) is 0 Å². The van der Waals surface area contributed by atoms with E-state index < -0.39 is 20.9 Å². The third kappa shape index (κ3) is 4.60. The number of hydrogen-bond donors (Lipinski definition) is 1. The molecule has 5 nitrogen and oxygen atoms in total. The van der Waals surface area contributed by atoms with Crippen molar-refractivity contribution in [3.63, 3.8) is 0 Å². The van der Waals surface area contributed by atoms with E-state index in [1.807, 2.05) is 0 Å². The van der Waals surface area contributed by atoms with Crippen molar-refractivity contribution in [1.82, 2.24) is 9.71 Å². The summed E-state index contributed by atoms with van der Waals surface area (Å²) in [5, 5.41) is -0.581. The Hall–Kier alpha value is -0.570. The van der Waals surface area contributed by atoms with Crippen LogP contribution < -0.4 is 4.72 Å². The lowest BCUT2D eigenvalue weighted by atomic mass is 10.3.